The van der Waals surface area contributed by atoms with Crippen LogP contribution < -0.4 is 10.1 Å². The summed E-state index contributed by atoms with van der Waals surface area (Å²) >= 11 is 0. The van der Waals surface area contributed by atoms with Gasteiger partial charge >= 0.3 is 12.0 Å². The molecule has 0 radical (unpaired) electrons. The lowest BCUT2D eigenvalue weighted by Crippen LogP contribution is -2.23. The molecule has 7 heteroatoms. The smallest absolute Gasteiger partial charge is 0.309 e. The molecule has 0 atom stereocenters. The minimum Gasteiger partial charge on any atom is -0.469 e. The molecule has 0 bridgehead atoms. The van der Waals surface area contributed by atoms with Gasteiger partial charge in [-0.05, 0) is 54.3 Å². The number of benzene rings is 2. The number of allylic oxidation sites excluding steroid dienone is 1. The van der Waals surface area contributed by atoms with Crippen LogP contribution in [-0.4, -0.2) is 24.1 Å². The average Bonchev–Trinajstić information content (AvgIpc) is 2.85. The molecule has 0 fully saturated rings. The Labute approximate surface area is 193 Å². The first-order valence-corrected chi connectivity index (χ1v) is 10.4. The number of carbonyl (C=O) groups excluding carboxylic acids is 1. The number of unbranched alkanes of at least 4 members (excludes halogenated alkanes) is 1. The van der Waals surface area contributed by atoms with E-state index >= 15 is 0 Å². The number of nitrogens with zero attached hydrogens (tertiary/aromatic N) is 3. The Morgan fingerprint density at radius 2 is 1.94 bits per heavy atom. The van der Waals surface area contributed by atoms with Gasteiger partial charge in [-0.2, -0.15) is 10.3 Å². The molecule has 3 rings (SSSR count). The zero-order chi connectivity index (χ0) is 23.3. The minimum atomic E-state index is -0.224. The van der Waals surface area contributed by atoms with Crippen molar-refractivity contribution in [1.29, 1.82) is 5.26 Å². The summed E-state index contributed by atoms with van der Waals surface area (Å²) in [5.74, 6) is 0.343. The number of aliphatic imine (C=N–C) groups is 1. The summed E-state index contributed by atoms with van der Waals surface area (Å²) in [6.45, 7) is 0. The molecule has 7 nitrogen and oxygen atoms in total. The first-order chi connectivity index (χ1) is 16.2. The van der Waals surface area contributed by atoms with E-state index in [1.165, 1.54) is 7.11 Å². The number of rotatable bonds is 8. The van der Waals surface area contributed by atoms with Crippen LogP contribution in [0.25, 0.3) is 5.57 Å². The number of pyridine rings is 1. The zero-order valence-electron chi connectivity index (χ0n) is 18.3. The lowest BCUT2D eigenvalue weighted by molar-refractivity contribution is -0.140. The van der Waals surface area contributed by atoms with Gasteiger partial charge in [-0.1, -0.05) is 42.5 Å². The predicted octanol–water partition coefficient (Wildman–Crippen LogP) is 4.99. The Balaban J connectivity index is 1.88. The van der Waals surface area contributed by atoms with Crippen LogP contribution in [0.15, 0.2) is 90.2 Å². The molecule has 0 amide bonds. The lowest BCUT2D eigenvalue weighted by atomic mass is 9.97. The van der Waals surface area contributed by atoms with Crippen LogP contribution >= 0.6 is 0 Å². The summed E-state index contributed by atoms with van der Waals surface area (Å²) in [4.78, 5) is 20.1. The first-order valence-electron chi connectivity index (χ1n) is 10.4. The molecule has 0 unspecified atom stereocenters. The third kappa shape index (κ3) is 7.33. The van der Waals surface area contributed by atoms with E-state index in [1.54, 1.807) is 24.5 Å². The fourth-order valence-corrected chi connectivity index (χ4v) is 3.10. The third-order valence-electron chi connectivity index (χ3n) is 4.64. The van der Waals surface area contributed by atoms with E-state index in [2.05, 4.69) is 21.4 Å². The van der Waals surface area contributed by atoms with Gasteiger partial charge in [0, 0.05) is 24.4 Å². The van der Waals surface area contributed by atoms with Gasteiger partial charge in [-0.3, -0.25) is 9.78 Å². The highest BCUT2D eigenvalue weighted by atomic mass is 16.5. The van der Waals surface area contributed by atoms with Gasteiger partial charge in [0.05, 0.1) is 12.8 Å². The minimum absolute atomic E-state index is 0.0748. The van der Waals surface area contributed by atoms with Crippen LogP contribution in [0.2, 0.25) is 0 Å². The van der Waals surface area contributed by atoms with E-state index in [0.29, 0.717) is 30.7 Å². The highest BCUT2D eigenvalue weighted by Crippen LogP contribution is 2.27. The number of nitriles is 1. The van der Waals surface area contributed by atoms with Gasteiger partial charge in [0.2, 0.25) is 0 Å². The monoisotopic (exact) mass is 440 g/mol. The molecule has 0 aliphatic heterocycles. The van der Waals surface area contributed by atoms with Gasteiger partial charge in [-0.25, -0.2) is 5.32 Å². The number of esters is 1. The van der Waals surface area contributed by atoms with Crippen LogP contribution in [0.5, 0.6) is 5.75 Å². The van der Waals surface area contributed by atoms with E-state index in [0.717, 1.165) is 16.7 Å². The Hall–Kier alpha value is -4.44. The van der Waals surface area contributed by atoms with Crippen molar-refractivity contribution in [3.63, 3.8) is 0 Å². The van der Waals surface area contributed by atoms with Crippen molar-refractivity contribution < 1.29 is 14.3 Å². The summed E-state index contributed by atoms with van der Waals surface area (Å²) < 4.78 is 10.4. The number of amidine groups is 1. The number of methoxy groups -OCH3 is 1. The highest BCUT2D eigenvalue weighted by Gasteiger charge is 2.08. The van der Waals surface area contributed by atoms with Crippen molar-refractivity contribution in [3.05, 3.63) is 96.3 Å². The number of aromatic nitrogens is 1. The van der Waals surface area contributed by atoms with Crippen molar-refractivity contribution in [2.45, 2.75) is 19.3 Å². The normalized spacial score (nSPS) is 11.4. The number of carbonyl (C=O) groups is 1. The maximum absolute atomic E-state index is 11.4. The molecule has 0 aliphatic rings. The quantitative estimate of drug-likeness (QED) is 0.132. The second kappa shape index (κ2) is 12.4. The molecule has 0 aliphatic carbocycles. The van der Waals surface area contributed by atoms with Crippen molar-refractivity contribution >= 4 is 23.3 Å². The lowest BCUT2D eigenvalue weighted by Gasteiger charge is -2.10. The van der Waals surface area contributed by atoms with Crippen molar-refractivity contribution in [2.75, 3.05) is 7.11 Å². The second-order valence-corrected chi connectivity index (χ2v) is 6.95. The second-order valence-electron chi connectivity index (χ2n) is 6.95. The molecule has 0 saturated carbocycles. The molecule has 2 aromatic carbocycles. The molecule has 1 N–H and O–H groups in total. The van der Waals surface area contributed by atoms with Crippen LogP contribution in [0.1, 0.15) is 30.4 Å². The number of hydrogen-bond donors (Lipinski definition) is 1. The van der Waals surface area contributed by atoms with E-state index in [9.17, 15) is 4.79 Å². The number of para-hydroxylation sites is 1. The van der Waals surface area contributed by atoms with Crippen LogP contribution in [-0.2, 0) is 9.53 Å². The Morgan fingerprint density at radius 1 is 1.12 bits per heavy atom. The summed E-state index contributed by atoms with van der Waals surface area (Å²) in [5.41, 5.74) is 3.47. The first kappa shape index (κ1) is 23.2. The van der Waals surface area contributed by atoms with Gasteiger partial charge < -0.3 is 9.47 Å². The van der Waals surface area contributed by atoms with Gasteiger partial charge in [-0.15, -0.1) is 0 Å². The number of ether oxygens (including phenoxy) is 2. The zero-order valence-corrected chi connectivity index (χ0v) is 18.3. The van der Waals surface area contributed by atoms with Gasteiger partial charge in [0.25, 0.3) is 0 Å². The fourth-order valence-electron chi connectivity index (χ4n) is 3.10. The van der Waals surface area contributed by atoms with E-state index in [1.807, 2.05) is 60.8 Å². The standard InChI is InChI=1S/C26H24N4O3/c1-32-25(31)15-6-5-14-24(21-10-8-16-28-18-21)20-9-7-11-22(17-20)30-26(29-19-27)33-23-12-3-2-4-13-23/h2-4,7-14,16-18H,5-6,15H2,1H3,(H,29,30)/b24-14+. The van der Waals surface area contributed by atoms with Crippen molar-refractivity contribution in [3.8, 4) is 11.9 Å². The number of nitrogens with one attached hydrogen (secondary N) is 1. The summed E-state index contributed by atoms with van der Waals surface area (Å²) in [7, 11) is 1.39. The Bertz CT molecular complexity index is 1150. The molecule has 0 saturated heterocycles. The van der Waals surface area contributed by atoms with Gasteiger partial charge in [0.1, 0.15) is 5.75 Å². The molecule has 33 heavy (non-hydrogen) atoms. The molecule has 1 aromatic heterocycles. The maximum atomic E-state index is 11.4. The summed E-state index contributed by atoms with van der Waals surface area (Å²) in [6.07, 6.45) is 9.19. The van der Waals surface area contributed by atoms with Crippen molar-refractivity contribution in [1.82, 2.24) is 10.3 Å². The molecule has 3 aromatic rings. The van der Waals surface area contributed by atoms with E-state index in [-0.39, 0.29) is 12.0 Å². The van der Waals surface area contributed by atoms with E-state index < -0.39 is 0 Å². The summed E-state index contributed by atoms with van der Waals surface area (Å²) in [6, 6.07) is 20.7. The largest absolute Gasteiger partial charge is 0.469 e. The Kier molecular flexibility index (Phi) is 8.74. The maximum Gasteiger partial charge on any atom is 0.309 e. The fraction of sp³-hybridized carbons (Fsp3) is 0.154. The highest BCUT2D eigenvalue weighted by molar-refractivity contribution is 5.83. The van der Waals surface area contributed by atoms with Crippen molar-refractivity contribution in [2.24, 2.45) is 4.99 Å². The van der Waals surface area contributed by atoms with Crippen LogP contribution in [0, 0.1) is 11.5 Å². The number of hydrogen-bond acceptors (Lipinski definition) is 6. The molecule has 1 heterocycles. The molecular weight excluding hydrogens is 416 g/mol. The molecule has 166 valence electrons. The SMILES string of the molecule is COC(=O)CCC/C=C(/c1cccnc1)c1cccc(N=C(NC#N)Oc2ccccc2)c1. The van der Waals surface area contributed by atoms with Crippen LogP contribution in [0.4, 0.5) is 5.69 Å². The van der Waals surface area contributed by atoms with E-state index in [4.69, 9.17) is 14.7 Å². The van der Waals surface area contributed by atoms with Gasteiger partial charge in [0.15, 0.2) is 6.19 Å². The summed E-state index contributed by atoms with van der Waals surface area (Å²) in [5, 5.41) is 11.6. The molecule has 0 spiro atoms. The Morgan fingerprint density at radius 3 is 2.67 bits per heavy atom. The predicted molar refractivity (Wildman–Crippen MR) is 127 cm³/mol. The molecular formula is C26H24N4O3. The van der Waals surface area contributed by atoms with Crippen LogP contribution in [0.3, 0.4) is 0 Å². The topological polar surface area (TPSA) is 96.6 Å². The average molecular weight is 441 g/mol. The third-order valence-corrected chi connectivity index (χ3v) is 4.64.